The topological polar surface area (TPSA) is 104 Å². The van der Waals surface area contributed by atoms with Crippen LogP contribution in [0.2, 0.25) is 0 Å². The Labute approximate surface area is 189 Å². The maximum absolute atomic E-state index is 12.4. The van der Waals surface area contributed by atoms with Crippen LogP contribution < -0.4 is 5.48 Å². The molecule has 174 valence electrons. The molecule has 1 rings (SSSR count). The van der Waals surface area contributed by atoms with Crippen molar-refractivity contribution in [2.75, 3.05) is 13.2 Å². The van der Waals surface area contributed by atoms with Gasteiger partial charge in [0, 0.05) is 24.3 Å². The molecule has 0 aliphatic heterocycles. The molecule has 1 aromatic heterocycles. The molecule has 9 heteroatoms. The van der Waals surface area contributed by atoms with Gasteiger partial charge in [-0.15, -0.1) is 23.7 Å². The predicted molar refractivity (Wildman–Crippen MR) is 120 cm³/mol. The average Bonchev–Trinajstić information content (AvgIpc) is 3.17. The van der Waals surface area contributed by atoms with Crippen LogP contribution in [-0.4, -0.2) is 48.1 Å². The maximum Gasteiger partial charge on any atom is 0.357 e. The summed E-state index contributed by atoms with van der Waals surface area (Å²) in [7, 11) is 0. The van der Waals surface area contributed by atoms with Gasteiger partial charge in [0.15, 0.2) is 16.5 Å². The first-order valence-corrected chi connectivity index (χ1v) is 11.0. The quantitative estimate of drug-likeness (QED) is 0.127. The van der Waals surface area contributed by atoms with E-state index in [0.29, 0.717) is 24.5 Å². The predicted octanol–water partition coefficient (Wildman–Crippen LogP) is 3.81. The molecule has 1 heterocycles. The van der Waals surface area contributed by atoms with Gasteiger partial charge in [-0.25, -0.2) is 9.78 Å². The number of esters is 1. The van der Waals surface area contributed by atoms with E-state index in [4.69, 9.17) is 16.0 Å². The lowest BCUT2D eigenvalue weighted by atomic mass is 10.00. The van der Waals surface area contributed by atoms with Crippen LogP contribution >= 0.6 is 11.3 Å². The lowest BCUT2D eigenvalue weighted by Crippen LogP contribution is -2.36. The van der Waals surface area contributed by atoms with Gasteiger partial charge in [-0.05, 0) is 40.0 Å². The van der Waals surface area contributed by atoms with Crippen LogP contribution in [0.3, 0.4) is 0 Å². The molecule has 0 spiro atoms. The molecule has 0 fully saturated rings. The number of terminal acetylenes is 1. The van der Waals surface area contributed by atoms with Crippen molar-refractivity contribution in [2.24, 2.45) is 5.92 Å². The Morgan fingerprint density at radius 2 is 2.03 bits per heavy atom. The molecule has 1 N–H and O–H groups in total. The second-order valence-corrected chi connectivity index (χ2v) is 8.69. The number of Topliss-reactive ketones (excluding diaryl/α,β-unsaturated/α-hetero) is 1. The molecule has 0 bridgehead atoms. The fourth-order valence-corrected chi connectivity index (χ4v) is 2.70. The van der Waals surface area contributed by atoms with Gasteiger partial charge in [-0.2, -0.15) is 5.48 Å². The molecule has 1 aromatic rings. The van der Waals surface area contributed by atoms with Crippen molar-refractivity contribution >= 4 is 29.6 Å². The summed E-state index contributed by atoms with van der Waals surface area (Å²) < 4.78 is 9.42. The molecule has 0 aliphatic rings. The Hall–Kier alpha value is -2.28. The number of nitrogens with zero attached hydrogens (tertiary/aromatic N) is 1. The molecule has 0 amide bonds. The zero-order valence-corrected chi connectivity index (χ0v) is 20.0. The number of unbranched alkanes of at least 4 members (excludes halogenated alkanes) is 1. The lowest BCUT2D eigenvalue weighted by molar-refractivity contribution is -0.138. The van der Waals surface area contributed by atoms with Crippen molar-refractivity contribution in [3.05, 3.63) is 16.1 Å². The highest BCUT2D eigenvalue weighted by molar-refractivity contribution is 7.11. The van der Waals surface area contributed by atoms with Gasteiger partial charge in [-0.3, -0.25) is 9.59 Å². The van der Waals surface area contributed by atoms with Crippen LogP contribution in [0.1, 0.15) is 81.1 Å². The second-order valence-electron chi connectivity index (χ2n) is 7.84. The van der Waals surface area contributed by atoms with Gasteiger partial charge < -0.3 is 14.3 Å². The Morgan fingerprint density at radius 1 is 1.35 bits per heavy atom. The third-order valence-electron chi connectivity index (χ3n) is 3.64. The number of hydrogen-bond acceptors (Lipinski definition) is 9. The average molecular weight is 455 g/mol. The monoisotopic (exact) mass is 454 g/mol. The largest absolute Gasteiger partial charge is 0.462 e. The first-order valence-electron chi connectivity index (χ1n) is 10.1. The molecule has 0 saturated carbocycles. The molecule has 31 heavy (non-hydrogen) atoms. The summed E-state index contributed by atoms with van der Waals surface area (Å²) in [6.07, 6.45) is 6.84. The van der Waals surface area contributed by atoms with E-state index >= 15 is 0 Å². The first-order chi connectivity index (χ1) is 14.6. The molecule has 0 aromatic carbocycles. The minimum Gasteiger partial charge on any atom is -0.462 e. The van der Waals surface area contributed by atoms with Crippen LogP contribution in [0.15, 0.2) is 5.38 Å². The number of hydrogen-bond donors (Lipinski definition) is 1. The Balaban J connectivity index is 0.00000110. The van der Waals surface area contributed by atoms with E-state index in [0.717, 1.165) is 17.8 Å². The van der Waals surface area contributed by atoms with Gasteiger partial charge in [-0.1, -0.05) is 13.8 Å². The van der Waals surface area contributed by atoms with Crippen molar-refractivity contribution in [2.45, 2.75) is 72.4 Å². The summed E-state index contributed by atoms with van der Waals surface area (Å²) >= 11 is 1.15. The normalized spacial score (nSPS) is 11.7. The van der Waals surface area contributed by atoms with E-state index in [1.807, 2.05) is 34.6 Å². The highest BCUT2D eigenvalue weighted by Crippen LogP contribution is 2.16. The van der Waals surface area contributed by atoms with Gasteiger partial charge >= 0.3 is 5.97 Å². The number of ether oxygens (including phenoxy) is 2. The number of hydroxylamine groups is 1. The van der Waals surface area contributed by atoms with E-state index in [1.165, 1.54) is 0 Å². The molecule has 0 radical (unpaired) electrons. The maximum atomic E-state index is 12.4. The van der Waals surface area contributed by atoms with E-state index in [1.54, 1.807) is 12.3 Å². The summed E-state index contributed by atoms with van der Waals surface area (Å²) in [6.45, 7) is 12.4. The van der Waals surface area contributed by atoms with Crippen LogP contribution in [0.5, 0.6) is 0 Å². The van der Waals surface area contributed by atoms with Gasteiger partial charge in [0.2, 0.25) is 0 Å². The number of ketones is 1. The molecule has 1 unspecified atom stereocenters. The first kappa shape index (κ1) is 28.7. The van der Waals surface area contributed by atoms with Crippen molar-refractivity contribution in [3.8, 4) is 12.3 Å². The SMILES string of the molecule is C#CCCCONC(CC(=O)c1nc(C(=O)OCC)cs1)C(C)C.CC(C)(C)OC=O. The van der Waals surface area contributed by atoms with Crippen LogP contribution in [0, 0.1) is 18.3 Å². The minimum atomic E-state index is -0.511. The van der Waals surface area contributed by atoms with Gasteiger partial charge in [0.25, 0.3) is 6.47 Å². The van der Waals surface area contributed by atoms with E-state index < -0.39 is 5.97 Å². The van der Waals surface area contributed by atoms with Crippen molar-refractivity contribution < 1.29 is 28.7 Å². The summed E-state index contributed by atoms with van der Waals surface area (Å²) in [6, 6.07) is -0.140. The molecule has 1 atom stereocenters. The standard InChI is InChI=1S/C17H24N2O4S.C5H10O2/c1-5-7-8-9-23-19-13(12(3)4)10-15(20)16-18-14(11-24-16)17(21)22-6-2;1-5(2,3)7-4-6/h1,11-13,19H,6-10H2,2-4H3;4H,1-3H3. The zero-order valence-electron chi connectivity index (χ0n) is 19.2. The van der Waals surface area contributed by atoms with Gasteiger partial charge in [0.05, 0.1) is 13.2 Å². The summed E-state index contributed by atoms with van der Waals surface area (Å²) in [5, 5.41) is 1.84. The third-order valence-corrected chi connectivity index (χ3v) is 4.52. The second kappa shape index (κ2) is 15.5. The van der Waals surface area contributed by atoms with Crippen LogP contribution in [0.4, 0.5) is 0 Å². The van der Waals surface area contributed by atoms with Gasteiger partial charge in [0.1, 0.15) is 5.60 Å². The van der Waals surface area contributed by atoms with Crippen molar-refractivity contribution in [1.82, 2.24) is 10.5 Å². The Morgan fingerprint density at radius 3 is 2.52 bits per heavy atom. The third kappa shape index (κ3) is 13.6. The number of nitrogens with one attached hydrogen (secondary N) is 1. The Bertz CT molecular complexity index is 718. The molecular weight excluding hydrogens is 420 g/mol. The summed E-state index contributed by atoms with van der Waals surface area (Å²) in [4.78, 5) is 43.0. The van der Waals surface area contributed by atoms with E-state index in [-0.39, 0.29) is 42.1 Å². The summed E-state index contributed by atoms with van der Waals surface area (Å²) in [5.74, 6) is 2.10. The fourth-order valence-electron chi connectivity index (χ4n) is 1.96. The van der Waals surface area contributed by atoms with Crippen molar-refractivity contribution in [3.63, 3.8) is 0 Å². The minimum absolute atomic E-state index is 0.131. The smallest absolute Gasteiger partial charge is 0.357 e. The number of carbonyl (C=O) groups is 3. The molecule has 8 nitrogen and oxygen atoms in total. The fraction of sp³-hybridized carbons (Fsp3) is 0.636. The van der Waals surface area contributed by atoms with E-state index in [9.17, 15) is 14.4 Å². The number of thiazole rings is 1. The lowest BCUT2D eigenvalue weighted by Gasteiger charge is -2.20. The van der Waals surface area contributed by atoms with Crippen LogP contribution in [0.25, 0.3) is 0 Å². The van der Waals surface area contributed by atoms with Crippen molar-refractivity contribution in [1.29, 1.82) is 0 Å². The molecular formula is C22H34N2O6S. The molecule has 0 saturated heterocycles. The van der Waals surface area contributed by atoms with E-state index in [2.05, 4.69) is 21.1 Å². The molecule has 0 aliphatic carbocycles. The Kier molecular flexibility index (Phi) is 14.4. The zero-order chi connectivity index (χ0) is 23.9. The number of carbonyl (C=O) groups excluding carboxylic acids is 3. The highest BCUT2D eigenvalue weighted by Gasteiger charge is 2.22. The highest BCUT2D eigenvalue weighted by atomic mass is 32.1. The van der Waals surface area contributed by atoms with Crippen LogP contribution in [-0.2, 0) is 19.1 Å². The number of aromatic nitrogens is 1. The number of rotatable bonds is 12. The summed E-state index contributed by atoms with van der Waals surface area (Å²) in [5.41, 5.74) is 2.78.